The maximum atomic E-state index is 10.9. The zero-order chi connectivity index (χ0) is 12.0. The van der Waals surface area contributed by atoms with E-state index in [4.69, 9.17) is 14.6 Å². The van der Waals surface area contributed by atoms with E-state index >= 15 is 0 Å². The third-order valence-corrected chi connectivity index (χ3v) is 2.00. The maximum Gasteiger partial charge on any atom is 0.358 e. The molecule has 0 unspecified atom stereocenters. The van der Waals surface area contributed by atoms with Crippen LogP contribution >= 0.6 is 0 Å². The minimum atomic E-state index is -1.13. The van der Waals surface area contributed by atoms with Crippen LogP contribution in [0.4, 0.5) is 0 Å². The number of hydrogen-bond donors (Lipinski definition) is 1. The number of methoxy groups -OCH3 is 1. The Bertz CT molecular complexity index is 365. The van der Waals surface area contributed by atoms with E-state index in [-0.39, 0.29) is 11.4 Å². The number of pyridine rings is 1. The Morgan fingerprint density at radius 3 is 2.81 bits per heavy atom. The SMILES string of the molecule is CCCCOc1ccc(OC)c(C(=O)O)n1. The van der Waals surface area contributed by atoms with Gasteiger partial charge in [-0.3, -0.25) is 0 Å². The van der Waals surface area contributed by atoms with Gasteiger partial charge in [0.15, 0.2) is 11.4 Å². The maximum absolute atomic E-state index is 10.9. The second-order valence-electron chi connectivity index (χ2n) is 3.21. The van der Waals surface area contributed by atoms with Gasteiger partial charge in [0.2, 0.25) is 5.88 Å². The molecule has 1 heterocycles. The lowest BCUT2D eigenvalue weighted by Crippen LogP contribution is -2.06. The molecule has 0 spiro atoms. The van der Waals surface area contributed by atoms with Crippen molar-refractivity contribution in [3.05, 3.63) is 17.8 Å². The normalized spacial score (nSPS) is 9.88. The van der Waals surface area contributed by atoms with Crippen molar-refractivity contribution >= 4 is 5.97 Å². The van der Waals surface area contributed by atoms with Crippen molar-refractivity contribution in [3.8, 4) is 11.6 Å². The summed E-state index contributed by atoms with van der Waals surface area (Å²) in [6, 6.07) is 3.14. The zero-order valence-corrected chi connectivity index (χ0v) is 9.40. The minimum absolute atomic E-state index is 0.128. The van der Waals surface area contributed by atoms with Crippen molar-refractivity contribution < 1.29 is 19.4 Å². The number of carboxylic acids is 1. The molecule has 0 atom stereocenters. The summed E-state index contributed by atoms with van der Waals surface area (Å²) >= 11 is 0. The molecule has 0 aliphatic heterocycles. The zero-order valence-electron chi connectivity index (χ0n) is 9.40. The van der Waals surface area contributed by atoms with Crippen LogP contribution in [-0.2, 0) is 0 Å². The summed E-state index contributed by atoms with van der Waals surface area (Å²) in [7, 11) is 1.40. The van der Waals surface area contributed by atoms with E-state index in [0.29, 0.717) is 12.5 Å². The van der Waals surface area contributed by atoms with E-state index < -0.39 is 5.97 Å². The molecule has 1 N–H and O–H groups in total. The average Bonchev–Trinajstić information content (AvgIpc) is 2.29. The number of carboxylic acid groups (broad SMARTS) is 1. The van der Waals surface area contributed by atoms with Gasteiger partial charge in [-0.05, 0) is 12.5 Å². The number of carbonyl (C=O) groups is 1. The molecule has 0 aromatic carbocycles. The molecule has 0 fully saturated rings. The van der Waals surface area contributed by atoms with Crippen LogP contribution in [0.1, 0.15) is 30.3 Å². The molecular weight excluding hydrogens is 210 g/mol. The first-order chi connectivity index (χ1) is 7.69. The van der Waals surface area contributed by atoms with Gasteiger partial charge in [0.05, 0.1) is 13.7 Å². The molecule has 1 rings (SSSR count). The first kappa shape index (κ1) is 12.3. The first-order valence-electron chi connectivity index (χ1n) is 5.10. The van der Waals surface area contributed by atoms with Gasteiger partial charge in [0, 0.05) is 6.07 Å². The smallest absolute Gasteiger partial charge is 0.358 e. The van der Waals surface area contributed by atoms with E-state index in [1.807, 2.05) is 6.92 Å². The molecule has 5 heteroatoms. The predicted octanol–water partition coefficient (Wildman–Crippen LogP) is 1.97. The summed E-state index contributed by atoms with van der Waals surface area (Å²) in [6.45, 7) is 2.59. The second kappa shape index (κ2) is 5.95. The fourth-order valence-electron chi connectivity index (χ4n) is 1.15. The van der Waals surface area contributed by atoms with Gasteiger partial charge < -0.3 is 14.6 Å². The van der Waals surface area contributed by atoms with Gasteiger partial charge in [0.25, 0.3) is 0 Å². The molecule has 0 radical (unpaired) electrons. The Hall–Kier alpha value is -1.78. The standard InChI is InChI=1S/C11H15NO4/c1-3-4-7-16-9-6-5-8(15-2)10(12-9)11(13)14/h5-6H,3-4,7H2,1-2H3,(H,13,14). The molecule has 1 aromatic heterocycles. The lowest BCUT2D eigenvalue weighted by Gasteiger charge is -2.07. The molecule has 88 valence electrons. The largest absolute Gasteiger partial charge is 0.494 e. The number of hydrogen-bond acceptors (Lipinski definition) is 4. The molecule has 0 bridgehead atoms. The van der Waals surface area contributed by atoms with Crippen molar-refractivity contribution in [1.29, 1.82) is 0 Å². The number of aromatic nitrogens is 1. The fourth-order valence-corrected chi connectivity index (χ4v) is 1.15. The van der Waals surface area contributed by atoms with E-state index in [0.717, 1.165) is 12.8 Å². The van der Waals surface area contributed by atoms with Crippen LogP contribution in [0.25, 0.3) is 0 Å². The number of rotatable bonds is 6. The molecule has 5 nitrogen and oxygen atoms in total. The van der Waals surface area contributed by atoms with Gasteiger partial charge in [-0.25, -0.2) is 9.78 Å². The number of ether oxygens (including phenoxy) is 2. The highest BCUT2D eigenvalue weighted by atomic mass is 16.5. The van der Waals surface area contributed by atoms with E-state index in [1.54, 1.807) is 6.07 Å². The number of nitrogens with zero attached hydrogens (tertiary/aromatic N) is 1. The molecule has 0 aliphatic carbocycles. The Kier molecular flexibility index (Phi) is 4.57. The van der Waals surface area contributed by atoms with Crippen LogP contribution in [0.5, 0.6) is 11.6 Å². The van der Waals surface area contributed by atoms with Crippen LogP contribution < -0.4 is 9.47 Å². The summed E-state index contributed by atoms with van der Waals surface area (Å²) in [4.78, 5) is 14.7. The van der Waals surface area contributed by atoms with Gasteiger partial charge in [-0.1, -0.05) is 13.3 Å². The van der Waals surface area contributed by atoms with Crippen LogP contribution in [0.2, 0.25) is 0 Å². The lowest BCUT2D eigenvalue weighted by atomic mass is 10.3. The topological polar surface area (TPSA) is 68.7 Å². The third-order valence-electron chi connectivity index (χ3n) is 2.00. The highest BCUT2D eigenvalue weighted by Crippen LogP contribution is 2.20. The van der Waals surface area contributed by atoms with Gasteiger partial charge in [-0.2, -0.15) is 0 Å². The van der Waals surface area contributed by atoms with E-state index in [2.05, 4.69) is 4.98 Å². The quantitative estimate of drug-likeness (QED) is 0.749. The summed E-state index contributed by atoms with van der Waals surface area (Å²) in [5.74, 6) is -0.584. The van der Waals surface area contributed by atoms with E-state index in [1.165, 1.54) is 13.2 Å². The van der Waals surface area contributed by atoms with Gasteiger partial charge in [-0.15, -0.1) is 0 Å². The van der Waals surface area contributed by atoms with Crippen LogP contribution in [0, 0.1) is 0 Å². The Morgan fingerprint density at radius 1 is 1.50 bits per heavy atom. The summed E-state index contributed by atoms with van der Waals surface area (Å²) < 4.78 is 10.2. The van der Waals surface area contributed by atoms with Crippen LogP contribution in [0.3, 0.4) is 0 Å². The number of aromatic carboxylic acids is 1. The lowest BCUT2D eigenvalue weighted by molar-refractivity contribution is 0.0685. The fraction of sp³-hybridized carbons (Fsp3) is 0.455. The predicted molar refractivity (Wildman–Crippen MR) is 58.2 cm³/mol. The molecule has 0 amide bonds. The molecule has 0 saturated heterocycles. The molecule has 0 saturated carbocycles. The summed E-state index contributed by atoms with van der Waals surface area (Å²) in [5.41, 5.74) is -0.128. The molecular formula is C11H15NO4. The second-order valence-corrected chi connectivity index (χ2v) is 3.21. The Morgan fingerprint density at radius 2 is 2.25 bits per heavy atom. The van der Waals surface area contributed by atoms with E-state index in [9.17, 15) is 4.79 Å². The molecule has 16 heavy (non-hydrogen) atoms. The number of unbranched alkanes of at least 4 members (excludes halogenated alkanes) is 1. The van der Waals surface area contributed by atoms with Crippen molar-refractivity contribution in [3.63, 3.8) is 0 Å². The molecule has 1 aromatic rings. The summed E-state index contributed by atoms with van der Waals surface area (Å²) in [5, 5.41) is 8.89. The Balaban J connectivity index is 2.81. The highest BCUT2D eigenvalue weighted by Gasteiger charge is 2.13. The highest BCUT2D eigenvalue weighted by molar-refractivity contribution is 5.88. The van der Waals surface area contributed by atoms with Crippen LogP contribution in [0.15, 0.2) is 12.1 Å². The Labute approximate surface area is 94.0 Å². The van der Waals surface area contributed by atoms with Crippen molar-refractivity contribution in [2.24, 2.45) is 0 Å². The average molecular weight is 225 g/mol. The summed E-state index contributed by atoms with van der Waals surface area (Å²) in [6.07, 6.45) is 1.93. The van der Waals surface area contributed by atoms with Crippen molar-refractivity contribution in [2.75, 3.05) is 13.7 Å². The van der Waals surface area contributed by atoms with Gasteiger partial charge in [0.1, 0.15) is 0 Å². The van der Waals surface area contributed by atoms with Crippen LogP contribution in [-0.4, -0.2) is 29.8 Å². The third kappa shape index (κ3) is 3.12. The molecule has 0 aliphatic rings. The minimum Gasteiger partial charge on any atom is -0.494 e. The van der Waals surface area contributed by atoms with Crippen molar-refractivity contribution in [1.82, 2.24) is 4.98 Å². The van der Waals surface area contributed by atoms with Crippen molar-refractivity contribution in [2.45, 2.75) is 19.8 Å². The first-order valence-corrected chi connectivity index (χ1v) is 5.10. The monoisotopic (exact) mass is 225 g/mol. The van der Waals surface area contributed by atoms with Gasteiger partial charge >= 0.3 is 5.97 Å².